The number of nitrogens with one attached hydrogen (secondary N) is 2. The second kappa shape index (κ2) is 7.28. The molecule has 4 rings (SSSR count). The van der Waals surface area contributed by atoms with Crippen molar-refractivity contribution in [2.75, 3.05) is 12.4 Å². The quantitative estimate of drug-likeness (QED) is 0.726. The molecule has 0 bridgehead atoms. The molecule has 1 aliphatic rings. The maximum absolute atomic E-state index is 12.4. The molecular weight excluding hydrogens is 346 g/mol. The van der Waals surface area contributed by atoms with E-state index in [1.807, 2.05) is 54.6 Å². The molecular formula is C19H17N5O3. The second-order valence-electron chi connectivity index (χ2n) is 5.91. The molecule has 2 heterocycles. The Kier molecular flexibility index (Phi) is 4.52. The molecule has 0 fully saturated rings. The fourth-order valence-corrected chi connectivity index (χ4v) is 2.81. The molecule has 136 valence electrons. The van der Waals surface area contributed by atoms with E-state index in [1.54, 1.807) is 7.11 Å². The summed E-state index contributed by atoms with van der Waals surface area (Å²) in [4.78, 5) is 22.1. The monoisotopic (exact) mass is 363 g/mol. The minimum Gasteiger partial charge on any atom is -0.496 e. The highest BCUT2D eigenvalue weighted by molar-refractivity contribution is 6.43. The van der Waals surface area contributed by atoms with Crippen molar-refractivity contribution in [3.8, 4) is 17.1 Å². The van der Waals surface area contributed by atoms with Gasteiger partial charge < -0.3 is 9.57 Å². The van der Waals surface area contributed by atoms with E-state index in [0.717, 1.165) is 11.1 Å². The van der Waals surface area contributed by atoms with Crippen LogP contribution in [0.25, 0.3) is 11.4 Å². The number of ether oxygens (including phenoxy) is 1. The summed E-state index contributed by atoms with van der Waals surface area (Å²) in [5.41, 5.74) is 2.02. The van der Waals surface area contributed by atoms with Crippen LogP contribution in [0.2, 0.25) is 0 Å². The Labute approximate surface area is 155 Å². The van der Waals surface area contributed by atoms with Crippen LogP contribution in [0.15, 0.2) is 59.8 Å². The van der Waals surface area contributed by atoms with Gasteiger partial charge in [-0.1, -0.05) is 47.6 Å². The van der Waals surface area contributed by atoms with E-state index < -0.39 is 0 Å². The van der Waals surface area contributed by atoms with Crippen molar-refractivity contribution in [2.24, 2.45) is 5.16 Å². The van der Waals surface area contributed by atoms with Crippen LogP contribution in [0, 0.1) is 0 Å². The van der Waals surface area contributed by atoms with Gasteiger partial charge in [0, 0.05) is 6.42 Å². The van der Waals surface area contributed by atoms with Gasteiger partial charge in [-0.3, -0.25) is 15.2 Å². The lowest BCUT2D eigenvalue weighted by atomic mass is 10.0. The minimum atomic E-state index is -0.390. The summed E-state index contributed by atoms with van der Waals surface area (Å²) in [6.45, 7) is 0. The summed E-state index contributed by atoms with van der Waals surface area (Å²) in [5, 5.41) is 13.4. The van der Waals surface area contributed by atoms with Gasteiger partial charge in [-0.2, -0.15) is 4.98 Å². The molecule has 8 nitrogen and oxygen atoms in total. The summed E-state index contributed by atoms with van der Waals surface area (Å²) in [6.07, 6.45) is 0.128. The number of nitrogens with zero attached hydrogens (tertiary/aromatic N) is 3. The minimum absolute atomic E-state index is 0.159. The van der Waals surface area contributed by atoms with Gasteiger partial charge in [-0.15, -0.1) is 5.10 Å². The Morgan fingerprint density at radius 2 is 1.96 bits per heavy atom. The van der Waals surface area contributed by atoms with Gasteiger partial charge in [-0.05, 0) is 17.7 Å². The number of methoxy groups -OCH3 is 1. The zero-order valence-corrected chi connectivity index (χ0v) is 14.5. The first-order valence-corrected chi connectivity index (χ1v) is 8.39. The van der Waals surface area contributed by atoms with Crippen LogP contribution < -0.4 is 10.1 Å². The van der Waals surface area contributed by atoms with Crippen molar-refractivity contribution in [2.45, 2.75) is 12.5 Å². The van der Waals surface area contributed by atoms with E-state index in [-0.39, 0.29) is 18.0 Å². The summed E-state index contributed by atoms with van der Waals surface area (Å²) >= 11 is 0. The first-order chi connectivity index (χ1) is 13.2. The summed E-state index contributed by atoms with van der Waals surface area (Å²) < 4.78 is 5.31. The summed E-state index contributed by atoms with van der Waals surface area (Å²) in [6, 6.07) is 17.1. The van der Waals surface area contributed by atoms with Gasteiger partial charge in [0.05, 0.1) is 12.7 Å². The number of rotatable bonds is 5. The van der Waals surface area contributed by atoms with Crippen LogP contribution in [-0.2, 0) is 9.63 Å². The Bertz CT molecular complexity index is 984. The normalized spacial score (nSPS) is 15.7. The van der Waals surface area contributed by atoms with Crippen molar-refractivity contribution in [3.05, 3.63) is 60.2 Å². The van der Waals surface area contributed by atoms with E-state index in [1.165, 1.54) is 0 Å². The molecule has 0 saturated carbocycles. The molecule has 0 spiro atoms. The van der Waals surface area contributed by atoms with E-state index >= 15 is 0 Å². The Balaban J connectivity index is 1.43. The molecule has 27 heavy (non-hydrogen) atoms. The predicted molar refractivity (Wildman–Crippen MR) is 99.3 cm³/mol. The number of amides is 1. The smallest absolute Gasteiger partial charge is 0.276 e. The van der Waals surface area contributed by atoms with Crippen molar-refractivity contribution in [3.63, 3.8) is 0 Å². The fraction of sp³-hybridized carbons (Fsp3) is 0.158. The highest BCUT2D eigenvalue weighted by Crippen LogP contribution is 2.28. The van der Waals surface area contributed by atoms with Crippen LogP contribution in [0.5, 0.6) is 5.75 Å². The number of benzene rings is 2. The standard InChI is InChI=1S/C19H17N5O3/c1-26-15-10-6-5-9-13(15)17-20-19(23-22-17)21-18(25)14-11-16(27-24-14)12-7-3-2-4-8-12/h2-10,16H,11H2,1H3,(H2,20,21,22,23,25). The molecule has 3 aromatic rings. The molecule has 1 amide bonds. The summed E-state index contributed by atoms with van der Waals surface area (Å²) in [5.74, 6) is 0.922. The topological polar surface area (TPSA) is 101 Å². The van der Waals surface area contributed by atoms with E-state index in [9.17, 15) is 4.79 Å². The number of carbonyl (C=O) groups is 1. The van der Waals surface area contributed by atoms with Crippen molar-refractivity contribution >= 4 is 17.6 Å². The molecule has 2 N–H and O–H groups in total. The molecule has 0 saturated heterocycles. The van der Waals surface area contributed by atoms with Crippen LogP contribution >= 0.6 is 0 Å². The highest BCUT2D eigenvalue weighted by atomic mass is 16.6. The van der Waals surface area contributed by atoms with E-state index in [4.69, 9.17) is 9.57 Å². The van der Waals surface area contributed by atoms with Gasteiger partial charge in [0.2, 0.25) is 5.95 Å². The van der Waals surface area contributed by atoms with Crippen LogP contribution in [0.1, 0.15) is 18.1 Å². The molecule has 0 radical (unpaired) electrons. The molecule has 2 aromatic carbocycles. The lowest BCUT2D eigenvalue weighted by Crippen LogP contribution is -2.22. The zero-order valence-electron chi connectivity index (χ0n) is 14.5. The second-order valence-corrected chi connectivity index (χ2v) is 5.91. The third kappa shape index (κ3) is 3.50. The first-order valence-electron chi connectivity index (χ1n) is 8.39. The van der Waals surface area contributed by atoms with Crippen LogP contribution in [-0.4, -0.2) is 33.9 Å². The lowest BCUT2D eigenvalue weighted by molar-refractivity contribution is -0.110. The maximum atomic E-state index is 12.4. The third-order valence-electron chi connectivity index (χ3n) is 4.18. The van der Waals surface area contributed by atoms with Crippen LogP contribution in [0.3, 0.4) is 0 Å². The number of hydrogen-bond acceptors (Lipinski definition) is 6. The van der Waals surface area contributed by atoms with Crippen molar-refractivity contribution in [1.82, 2.24) is 15.2 Å². The van der Waals surface area contributed by atoms with E-state index in [2.05, 4.69) is 25.7 Å². The molecule has 0 aliphatic carbocycles. The maximum Gasteiger partial charge on any atom is 0.276 e. The molecule has 1 aliphatic heterocycles. The van der Waals surface area contributed by atoms with Crippen molar-refractivity contribution < 1.29 is 14.4 Å². The van der Waals surface area contributed by atoms with Gasteiger partial charge >= 0.3 is 0 Å². The number of aromatic amines is 1. The Morgan fingerprint density at radius 1 is 1.19 bits per heavy atom. The number of hydrogen-bond donors (Lipinski definition) is 2. The summed E-state index contributed by atoms with van der Waals surface area (Å²) in [7, 11) is 1.58. The highest BCUT2D eigenvalue weighted by Gasteiger charge is 2.28. The molecule has 1 aromatic heterocycles. The lowest BCUT2D eigenvalue weighted by Gasteiger charge is -2.07. The van der Waals surface area contributed by atoms with Gasteiger partial charge in [0.1, 0.15) is 11.5 Å². The molecule has 1 atom stereocenters. The zero-order chi connectivity index (χ0) is 18.6. The fourth-order valence-electron chi connectivity index (χ4n) is 2.81. The number of H-pyrrole nitrogens is 1. The number of aromatic nitrogens is 3. The number of oxime groups is 1. The predicted octanol–water partition coefficient (Wildman–Crippen LogP) is 2.94. The van der Waals surface area contributed by atoms with Gasteiger partial charge in [0.15, 0.2) is 11.9 Å². The average molecular weight is 363 g/mol. The SMILES string of the molecule is COc1ccccc1-c1nc(NC(=O)C2=NOC(c3ccccc3)C2)n[nH]1. The molecule has 1 unspecified atom stereocenters. The number of anilines is 1. The number of para-hydroxylation sites is 1. The Hall–Kier alpha value is -3.68. The Morgan fingerprint density at radius 3 is 2.78 bits per heavy atom. The van der Waals surface area contributed by atoms with E-state index in [0.29, 0.717) is 23.7 Å². The average Bonchev–Trinajstić information content (AvgIpc) is 3.38. The molecule has 8 heteroatoms. The van der Waals surface area contributed by atoms with Gasteiger partial charge in [-0.25, -0.2) is 0 Å². The largest absolute Gasteiger partial charge is 0.496 e. The third-order valence-corrected chi connectivity index (χ3v) is 4.18. The van der Waals surface area contributed by atoms with Crippen molar-refractivity contribution in [1.29, 1.82) is 0 Å². The first kappa shape index (κ1) is 16.8. The van der Waals surface area contributed by atoms with Crippen LogP contribution in [0.4, 0.5) is 5.95 Å². The van der Waals surface area contributed by atoms with Gasteiger partial charge in [0.25, 0.3) is 5.91 Å². The number of carbonyl (C=O) groups excluding carboxylic acids is 1.